The summed E-state index contributed by atoms with van der Waals surface area (Å²) in [6, 6.07) is 3.16. The number of thiophene rings is 1. The quantitative estimate of drug-likeness (QED) is 0.851. The molecule has 0 aliphatic heterocycles. The Morgan fingerprint density at radius 1 is 1.33 bits per heavy atom. The monoisotopic (exact) mass is 348 g/mol. The summed E-state index contributed by atoms with van der Waals surface area (Å²) in [4.78, 5) is 4.85. The molecule has 2 fully saturated rings. The van der Waals surface area contributed by atoms with E-state index in [4.69, 9.17) is 16.4 Å². The van der Waals surface area contributed by atoms with Crippen LogP contribution in [0.4, 0.5) is 0 Å². The number of nitrogens with zero attached hydrogens (tertiary/aromatic N) is 1. The maximum Gasteiger partial charge on any atom is 0.250 e. The Morgan fingerprint density at radius 2 is 2.00 bits per heavy atom. The largest absolute Gasteiger partial charge is 0.399 e. The van der Waals surface area contributed by atoms with Gasteiger partial charge in [0.15, 0.2) is 0 Å². The van der Waals surface area contributed by atoms with Gasteiger partial charge in [-0.2, -0.15) is 0 Å². The van der Waals surface area contributed by atoms with Gasteiger partial charge in [0, 0.05) is 6.04 Å². The molecule has 8 heteroatoms. The third kappa shape index (κ3) is 3.11. The molecule has 0 aromatic carbocycles. The molecule has 0 radical (unpaired) electrons. The van der Waals surface area contributed by atoms with Gasteiger partial charge in [-0.3, -0.25) is 0 Å². The molecule has 0 amide bonds. The molecule has 2 atom stereocenters. The minimum atomic E-state index is -3.48. The second-order valence-electron chi connectivity index (χ2n) is 5.55. The van der Waals surface area contributed by atoms with Crippen molar-refractivity contribution in [3.63, 3.8) is 0 Å². The number of oxime groups is 1. The Hall–Kier alpha value is -0.630. The van der Waals surface area contributed by atoms with Crippen molar-refractivity contribution in [1.29, 1.82) is 0 Å². The highest BCUT2D eigenvalue weighted by molar-refractivity contribution is 7.91. The molecule has 1 heterocycles. The van der Waals surface area contributed by atoms with Gasteiger partial charge in [0.05, 0.1) is 10.0 Å². The smallest absolute Gasteiger partial charge is 0.250 e. The summed E-state index contributed by atoms with van der Waals surface area (Å²) >= 11 is 6.92. The molecule has 1 N–H and O–H groups in total. The highest BCUT2D eigenvalue weighted by Crippen LogP contribution is 2.42. The van der Waals surface area contributed by atoms with Crippen molar-refractivity contribution < 1.29 is 13.3 Å². The first-order valence-corrected chi connectivity index (χ1v) is 9.54. The minimum absolute atomic E-state index is 0.00770. The number of rotatable bonds is 4. The van der Waals surface area contributed by atoms with E-state index >= 15 is 0 Å². The third-order valence-electron chi connectivity index (χ3n) is 4.24. The lowest BCUT2D eigenvalue weighted by Crippen LogP contribution is -2.45. The highest BCUT2D eigenvalue weighted by Gasteiger charge is 2.43. The fraction of sp³-hybridized carbons (Fsp3) is 0.615. The van der Waals surface area contributed by atoms with E-state index in [1.807, 2.05) is 0 Å². The minimum Gasteiger partial charge on any atom is -0.399 e. The molecular weight excluding hydrogens is 332 g/mol. The van der Waals surface area contributed by atoms with Crippen molar-refractivity contribution in [1.82, 2.24) is 4.72 Å². The van der Waals surface area contributed by atoms with Gasteiger partial charge < -0.3 is 4.84 Å². The van der Waals surface area contributed by atoms with E-state index in [-0.39, 0.29) is 10.3 Å². The predicted octanol–water partition coefficient (Wildman–Crippen LogP) is 2.87. The van der Waals surface area contributed by atoms with Crippen LogP contribution in [0.2, 0.25) is 4.34 Å². The van der Waals surface area contributed by atoms with Crippen LogP contribution in [0.5, 0.6) is 0 Å². The van der Waals surface area contributed by atoms with E-state index in [0.29, 0.717) is 16.2 Å². The summed E-state index contributed by atoms with van der Waals surface area (Å²) in [5.74, 6) is 0.616. The van der Waals surface area contributed by atoms with E-state index in [9.17, 15) is 8.42 Å². The van der Waals surface area contributed by atoms with Crippen LogP contribution in [0.3, 0.4) is 0 Å². The van der Waals surface area contributed by atoms with Gasteiger partial charge in [0.1, 0.15) is 11.3 Å². The third-order valence-corrected chi connectivity index (χ3v) is 7.43. The molecule has 116 valence electrons. The van der Waals surface area contributed by atoms with Gasteiger partial charge >= 0.3 is 0 Å². The van der Waals surface area contributed by atoms with Gasteiger partial charge in [-0.05, 0) is 49.7 Å². The Morgan fingerprint density at radius 3 is 2.52 bits per heavy atom. The Bertz CT molecular complexity index is 640. The number of hydrogen-bond acceptors (Lipinski definition) is 5. The average Bonchev–Trinajstić information content (AvgIpc) is 2.93. The summed E-state index contributed by atoms with van der Waals surface area (Å²) in [5.41, 5.74) is 1.04. The zero-order valence-corrected chi connectivity index (χ0v) is 14.0. The SMILES string of the molecule is CON=C1CC2CCC(C1)C2NS(=O)(=O)c1ccc(Cl)s1. The normalized spacial score (nSPS) is 28.7. The standard InChI is InChI=1S/C13H17ClN2O3S2/c1-19-15-10-6-8-2-3-9(7-10)13(8)16-21(17,18)12-5-4-11(14)20-12/h4-5,8-9,13,16H,2-3,6-7H2,1H3. The summed E-state index contributed by atoms with van der Waals surface area (Å²) in [5, 5.41) is 4.04. The van der Waals surface area contributed by atoms with Crippen LogP contribution in [0.1, 0.15) is 25.7 Å². The predicted molar refractivity (Wildman–Crippen MR) is 83.3 cm³/mol. The summed E-state index contributed by atoms with van der Waals surface area (Å²) in [6.45, 7) is 0. The Labute approximate surface area is 133 Å². The molecule has 2 aliphatic carbocycles. The van der Waals surface area contributed by atoms with Crippen LogP contribution in [0, 0.1) is 11.8 Å². The molecule has 0 saturated heterocycles. The Balaban J connectivity index is 1.76. The van der Waals surface area contributed by atoms with Gasteiger partial charge in [-0.15, -0.1) is 11.3 Å². The van der Waals surface area contributed by atoms with Crippen LogP contribution in [0.25, 0.3) is 0 Å². The maximum atomic E-state index is 12.4. The van der Waals surface area contributed by atoms with Gasteiger partial charge in [-0.1, -0.05) is 16.8 Å². The van der Waals surface area contributed by atoms with Crippen LogP contribution in [0.15, 0.2) is 21.5 Å². The van der Waals surface area contributed by atoms with Gasteiger partial charge in [0.25, 0.3) is 0 Å². The number of sulfonamides is 1. The molecule has 2 saturated carbocycles. The first kappa shape index (κ1) is 15.3. The lowest BCUT2D eigenvalue weighted by Gasteiger charge is -2.30. The highest BCUT2D eigenvalue weighted by atomic mass is 35.5. The topological polar surface area (TPSA) is 67.8 Å². The second-order valence-corrected chi connectivity index (χ2v) is 9.21. The second kappa shape index (κ2) is 5.87. The molecule has 21 heavy (non-hydrogen) atoms. The number of nitrogens with one attached hydrogen (secondary N) is 1. The van der Waals surface area contributed by atoms with Crippen molar-refractivity contribution in [2.24, 2.45) is 17.0 Å². The van der Waals surface area contributed by atoms with Crippen LogP contribution < -0.4 is 4.72 Å². The lowest BCUT2D eigenvalue weighted by atomic mass is 9.83. The molecule has 5 nitrogen and oxygen atoms in total. The van der Waals surface area contributed by atoms with Gasteiger partial charge in [-0.25, -0.2) is 13.1 Å². The van der Waals surface area contributed by atoms with E-state index < -0.39 is 10.0 Å². The van der Waals surface area contributed by atoms with Crippen molar-refractivity contribution in [3.8, 4) is 0 Å². The fourth-order valence-electron chi connectivity index (χ4n) is 3.39. The molecule has 0 spiro atoms. The molecule has 1 aromatic heterocycles. The Kier molecular flexibility index (Phi) is 4.27. The first-order chi connectivity index (χ1) is 9.99. The summed E-state index contributed by atoms with van der Waals surface area (Å²) < 4.78 is 28.5. The number of hydrogen-bond donors (Lipinski definition) is 1. The van der Waals surface area contributed by atoms with E-state index in [0.717, 1.165) is 42.7 Å². The lowest BCUT2D eigenvalue weighted by molar-refractivity contribution is 0.207. The molecule has 1 aromatic rings. The molecular formula is C13H17ClN2O3S2. The number of fused-ring (bicyclic) bond motifs is 2. The molecule has 2 aliphatic rings. The van der Waals surface area contributed by atoms with E-state index in [1.54, 1.807) is 19.2 Å². The number of halogens is 1. The maximum absolute atomic E-state index is 12.4. The first-order valence-electron chi connectivity index (χ1n) is 6.86. The zero-order valence-electron chi connectivity index (χ0n) is 11.6. The van der Waals surface area contributed by atoms with Gasteiger partial charge in [0.2, 0.25) is 10.0 Å². The van der Waals surface area contributed by atoms with Crippen molar-refractivity contribution in [2.75, 3.05) is 7.11 Å². The summed E-state index contributed by atoms with van der Waals surface area (Å²) in [6.07, 6.45) is 3.68. The van der Waals surface area contributed by atoms with E-state index in [1.165, 1.54) is 0 Å². The van der Waals surface area contributed by atoms with E-state index in [2.05, 4.69) is 9.88 Å². The van der Waals surface area contributed by atoms with Crippen molar-refractivity contribution in [2.45, 2.75) is 35.9 Å². The summed E-state index contributed by atoms with van der Waals surface area (Å²) in [7, 11) is -1.94. The molecule has 2 bridgehead atoms. The van der Waals surface area contributed by atoms with Crippen LogP contribution in [-0.2, 0) is 14.9 Å². The van der Waals surface area contributed by atoms with Crippen molar-refractivity contribution >= 4 is 38.7 Å². The fourth-order valence-corrected chi connectivity index (χ4v) is 6.27. The zero-order chi connectivity index (χ0) is 15.0. The molecule has 2 unspecified atom stereocenters. The van der Waals surface area contributed by atoms with Crippen LogP contribution >= 0.6 is 22.9 Å². The van der Waals surface area contributed by atoms with Crippen molar-refractivity contribution in [3.05, 3.63) is 16.5 Å². The average molecular weight is 349 g/mol. The molecule has 3 rings (SSSR count). The van der Waals surface area contributed by atoms with Crippen LogP contribution in [-0.4, -0.2) is 27.3 Å².